The molecule has 0 aliphatic heterocycles. The summed E-state index contributed by atoms with van der Waals surface area (Å²) < 4.78 is 38.1. The van der Waals surface area contributed by atoms with Crippen LogP contribution >= 0.6 is 0 Å². The van der Waals surface area contributed by atoms with Gasteiger partial charge in [-0.05, 0) is 48.7 Å². The van der Waals surface area contributed by atoms with E-state index in [0.717, 1.165) is 5.56 Å². The number of sulfonamides is 1. The predicted octanol–water partition coefficient (Wildman–Crippen LogP) is 2.47. The van der Waals surface area contributed by atoms with E-state index in [1.165, 1.54) is 32.6 Å². The first-order valence-electron chi connectivity index (χ1n) is 9.32. The minimum atomic E-state index is -3.85. The van der Waals surface area contributed by atoms with E-state index >= 15 is 0 Å². The number of carbonyl (C=O) groups is 1. The molecule has 0 aliphatic rings. The summed E-state index contributed by atoms with van der Waals surface area (Å²) in [6.45, 7) is 5.37. The number of ether oxygens (including phenoxy) is 2. The molecule has 0 aromatic heterocycles. The highest BCUT2D eigenvalue weighted by molar-refractivity contribution is 7.89. The molecule has 0 spiro atoms. The molecule has 0 saturated heterocycles. The standard InChI is InChI=1S/C21H27N3O5S/c1-14(2)20(24-30(26,27)17-9-6-15(3)7-10-17)21(25)23-22-13-16-8-11-18(28-4)19(12-16)29-5/h6-14,20,24H,1-5H3,(H,23,25)/b22-13-/t20-/m0/s1. The molecule has 0 aliphatic carbocycles. The molecular weight excluding hydrogens is 406 g/mol. The second-order valence-electron chi connectivity index (χ2n) is 7.00. The Morgan fingerprint density at radius 3 is 2.23 bits per heavy atom. The van der Waals surface area contributed by atoms with Gasteiger partial charge < -0.3 is 9.47 Å². The maximum absolute atomic E-state index is 12.6. The smallest absolute Gasteiger partial charge is 0.258 e. The molecule has 2 N–H and O–H groups in total. The van der Waals surface area contributed by atoms with Crippen LogP contribution < -0.4 is 19.6 Å². The third-order valence-corrected chi connectivity index (χ3v) is 5.82. The number of aryl methyl sites for hydroxylation is 1. The van der Waals surface area contributed by atoms with Crippen molar-refractivity contribution in [3.63, 3.8) is 0 Å². The van der Waals surface area contributed by atoms with Gasteiger partial charge in [0.1, 0.15) is 6.04 Å². The number of rotatable bonds is 9. The molecule has 1 atom stereocenters. The summed E-state index contributed by atoms with van der Waals surface area (Å²) in [6, 6.07) is 10.6. The van der Waals surface area contributed by atoms with Gasteiger partial charge in [-0.1, -0.05) is 31.5 Å². The Morgan fingerprint density at radius 2 is 1.67 bits per heavy atom. The molecule has 0 fully saturated rings. The summed E-state index contributed by atoms with van der Waals surface area (Å²) in [4.78, 5) is 12.7. The highest BCUT2D eigenvalue weighted by Gasteiger charge is 2.28. The van der Waals surface area contributed by atoms with E-state index in [2.05, 4.69) is 15.2 Å². The van der Waals surface area contributed by atoms with Crippen LogP contribution in [0.4, 0.5) is 0 Å². The van der Waals surface area contributed by atoms with Crippen molar-refractivity contribution in [2.75, 3.05) is 14.2 Å². The number of carbonyl (C=O) groups excluding carboxylic acids is 1. The van der Waals surface area contributed by atoms with Crippen LogP contribution in [-0.4, -0.2) is 40.8 Å². The lowest BCUT2D eigenvalue weighted by Crippen LogP contribution is -2.48. The van der Waals surface area contributed by atoms with Gasteiger partial charge in [0.05, 0.1) is 25.3 Å². The zero-order chi connectivity index (χ0) is 22.3. The number of amides is 1. The van der Waals surface area contributed by atoms with Gasteiger partial charge in [-0.25, -0.2) is 13.8 Å². The normalized spacial score (nSPS) is 12.7. The summed E-state index contributed by atoms with van der Waals surface area (Å²) >= 11 is 0. The molecule has 0 bridgehead atoms. The van der Waals surface area contributed by atoms with Gasteiger partial charge in [0.25, 0.3) is 5.91 Å². The average Bonchev–Trinajstić information content (AvgIpc) is 2.71. The average molecular weight is 434 g/mol. The van der Waals surface area contributed by atoms with Crippen LogP contribution in [0.15, 0.2) is 52.5 Å². The first-order chi connectivity index (χ1) is 14.2. The quantitative estimate of drug-likeness (QED) is 0.467. The van der Waals surface area contributed by atoms with Crippen molar-refractivity contribution in [3.8, 4) is 11.5 Å². The Balaban J connectivity index is 2.10. The summed E-state index contributed by atoms with van der Waals surface area (Å²) in [5.41, 5.74) is 4.01. The molecule has 8 nitrogen and oxygen atoms in total. The van der Waals surface area contributed by atoms with Crippen LogP contribution in [-0.2, 0) is 14.8 Å². The van der Waals surface area contributed by atoms with E-state index in [9.17, 15) is 13.2 Å². The number of benzene rings is 2. The molecule has 30 heavy (non-hydrogen) atoms. The van der Waals surface area contributed by atoms with Crippen molar-refractivity contribution in [2.45, 2.75) is 31.7 Å². The molecule has 0 heterocycles. The van der Waals surface area contributed by atoms with Gasteiger partial charge in [0, 0.05) is 0 Å². The lowest BCUT2D eigenvalue weighted by Gasteiger charge is -2.20. The van der Waals surface area contributed by atoms with Gasteiger partial charge in [-0.15, -0.1) is 0 Å². The first-order valence-corrected chi connectivity index (χ1v) is 10.8. The predicted molar refractivity (Wildman–Crippen MR) is 115 cm³/mol. The minimum absolute atomic E-state index is 0.0976. The fraction of sp³-hybridized carbons (Fsp3) is 0.333. The van der Waals surface area contributed by atoms with Gasteiger partial charge >= 0.3 is 0 Å². The summed E-state index contributed by atoms with van der Waals surface area (Å²) in [6.07, 6.45) is 1.44. The van der Waals surface area contributed by atoms with Crippen molar-refractivity contribution in [2.24, 2.45) is 11.0 Å². The Labute approximate surface area is 177 Å². The highest BCUT2D eigenvalue weighted by Crippen LogP contribution is 2.26. The first kappa shape index (κ1) is 23.4. The van der Waals surface area contributed by atoms with E-state index in [1.54, 1.807) is 44.2 Å². The second kappa shape index (κ2) is 10.2. The summed E-state index contributed by atoms with van der Waals surface area (Å²) in [7, 11) is -0.794. The molecule has 2 rings (SSSR count). The number of hydrazone groups is 1. The van der Waals surface area contributed by atoms with E-state index in [1.807, 2.05) is 6.92 Å². The van der Waals surface area contributed by atoms with Gasteiger partial charge in [-0.3, -0.25) is 4.79 Å². The second-order valence-corrected chi connectivity index (χ2v) is 8.72. The zero-order valence-corrected chi connectivity index (χ0v) is 18.5. The topological polar surface area (TPSA) is 106 Å². The number of nitrogens with one attached hydrogen (secondary N) is 2. The molecule has 162 valence electrons. The van der Waals surface area contributed by atoms with Crippen molar-refractivity contribution in [3.05, 3.63) is 53.6 Å². The fourth-order valence-corrected chi connectivity index (χ4v) is 3.96. The lowest BCUT2D eigenvalue weighted by molar-refractivity contribution is -0.123. The summed E-state index contributed by atoms with van der Waals surface area (Å²) in [5.74, 6) is 0.252. The molecule has 0 saturated carbocycles. The van der Waals surface area contributed by atoms with Crippen LogP contribution in [0.5, 0.6) is 11.5 Å². The van der Waals surface area contributed by atoms with Crippen molar-refractivity contribution < 1.29 is 22.7 Å². The largest absolute Gasteiger partial charge is 0.493 e. The van der Waals surface area contributed by atoms with Crippen molar-refractivity contribution in [1.29, 1.82) is 0 Å². The Morgan fingerprint density at radius 1 is 1.03 bits per heavy atom. The van der Waals surface area contributed by atoms with Gasteiger partial charge in [0.15, 0.2) is 11.5 Å². The van der Waals surface area contributed by atoms with E-state index in [0.29, 0.717) is 17.1 Å². The molecule has 1 amide bonds. The molecule has 0 radical (unpaired) electrons. The Kier molecular flexibility index (Phi) is 7.96. The molecule has 2 aromatic carbocycles. The molecule has 2 aromatic rings. The summed E-state index contributed by atoms with van der Waals surface area (Å²) in [5, 5.41) is 3.93. The van der Waals surface area contributed by atoms with Crippen LogP contribution in [0.1, 0.15) is 25.0 Å². The Hall–Kier alpha value is -2.91. The van der Waals surface area contributed by atoms with E-state index < -0.39 is 22.0 Å². The number of methoxy groups -OCH3 is 2. The number of nitrogens with zero attached hydrogens (tertiary/aromatic N) is 1. The van der Waals surface area contributed by atoms with E-state index in [-0.39, 0.29) is 10.8 Å². The van der Waals surface area contributed by atoms with Crippen molar-refractivity contribution in [1.82, 2.24) is 10.1 Å². The minimum Gasteiger partial charge on any atom is -0.493 e. The van der Waals surface area contributed by atoms with E-state index in [4.69, 9.17) is 9.47 Å². The Bertz CT molecular complexity index is 1000. The van der Waals surface area contributed by atoms with Crippen LogP contribution in [0.2, 0.25) is 0 Å². The third-order valence-electron chi connectivity index (χ3n) is 4.36. The number of hydrogen-bond acceptors (Lipinski definition) is 6. The van der Waals surface area contributed by atoms with Crippen LogP contribution in [0.25, 0.3) is 0 Å². The SMILES string of the molecule is COc1ccc(/C=N\NC(=O)[C@@H](NS(=O)(=O)c2ccc(C)cc2)C(C)C)cc1OC. The molecule has 0 unspecified atom stereocenters. The van der Waals surface area contributed by atoms with Gasteiger partial charge in [0.2, 0.25) is 10.0 Å². The van der Waals surface area contributed by atoms with Crippen molar-refractivity contribution >= 4 is 22.1 Å². The fourth-order valence-electron chi connectivity index (χ4n) is 2.62. The number of hydrogen-bond donors (Lipinski definition) is 2. The third kappa shape index (κ3) is 6.04. The van der Waals surface area contributed by atoms with Crippen LogP contribution in [0, 0.1) is 12.8 Å². The maximum Gasteiger partial charge on any atom is 0.258 e. The lowest BCUT2D eigenvalue weighted by atomic mass is 10.1. The monoisotopic (exact) mass is 433 g/mol. The maximum atomic E-state index is 12.6. The molecular formula is C21H27N3O5S. The van der Waals surface area contributed by atoms with Gasteiger partial charge in [-0.2, -0.15) is 9.82 Å². The highest BCUT2D eigenvalue weighted by atomic mass is 32.2. The molecule has 9 heteroatoms. The zero-order valence-electron chi connectivity index (χ0n) is 17.7. The van der Waals surface area contributed by atoms with Crippen LogP contribution in [0.3, 0.4) is 0 Å².